The average Bonchev–Trinajstić information content (AvgIpc) is 2.39. The van der Waals surface area contributed by atoms with Crippen LogP contribution < -0.4 is 10.1 Å². The first kappa shape index (κ1) is 12.2. The molecule has 0 aliphatic heterocycles. The second-order valence-corrected chi connectivity index (χ2v) is 3.83. The Bertz CT molecular complexity index is 543. The molecule has 0 fully saturated rings. The molecule has 0 aliphatic rings. The third-order valence-electron chi connectivity index (χ3n) is 2.62. The van der Waals surface area contributed by atoms with E-state index in [9.17, 15) is 9.50 Å². The highest BCUT2D eigenvalue weighted by Gasteiger charge is 2.05. The third kappa shape index (κ3) is 2.71. The van der Waals surface area contributed by atoms with Crippen molar-refractivity contribution in [3.63, 3.8) is 0 Å². The zero-order valence-electron chi connectivity index (χ0n) is 9.98. The first-order chi connectivity index (χ1) is 8.70. The summed E-state index contributed by atoms with van der Waals surface area (Å²) < 4.78 is 18.1. The number of benzene rings is 2. The Morgan fingerprint density at radius 3 is 2.72 bits per heavy atom. The highest BCUT2D eigenvalue weighted by Crippen LogP contribution is 2.26. The molecular formula is C14H14FNO2. The van der Waals surface area contributed by atoms with Crippen LogP contribution in [0.3, 0.4) is 0 Å². The number of aromatic hydroxyl groups is 1. The molecule has 18 heavy (non-hydrogen) atoms. The van der Waals surface area contributed by atoms with E-state index in [1.165, 1.54) is 19.2 Å². The molecule has 94 valence electrons. The molecule has 4 heteroatoms. The minimum atomic E-state index is -0.347. The molecule has 0 amide bonds. The molecule has 0 saturated heterocycles. The zero-order chi connectivity index (χ0) is 13.0. The summed E-state index contributed by atoms with van der Waals surface area (Å²) in [5.41, 5.74) is 1.45. The van der Waals surface area contributed by atoms with Crippen LogP contribution in [0.15, 0.2) is 42.5 Å². The maximum atomic E-state index is 13.0. The lowest BCUT2D eigenvalue weighted by Gasteiger charge is -2.11. The lowest BCUT2D eigenvalue weighted by Crippen LogP contribution is -2.01. The molecule has 0 unspecified atom stereocenters. The summed E-state index contributed by atoms with van der Waals surface area (Å²) in [4.78, 5) is 0. The first-order valence-corrected chi connectivity index (χ1v) is 5.55. The van der Waals surface area contributed by atoms with E-state index in [0.717, 1.165) is 5.56 Å². The zero-order valence-corrected chi connectivity index (χ0v) is 9.98. The van der Waals surface area contributed by atoms with E-state index in [2.05, 4.69) is 5.32 Å². The highest BCUT2D eigenvalue weighted by molar-refractivity contribution is 5.57. The maximum absolute atomic E-state index is 13.0. The molecule has 3 nitrogen and oxygen atoms in total. The fraction of sp³-hybridized carbons (Fsp3) is 0.143. The van der Waals surface area contributed by atoms with Gasteiger partial charge in [0.25, 0.3) is 0 Å². The molecule has 0 bridgehead atoms. The largest absolute Gasteiger partial charge is 0.508 e. The van der Waals surface area contributed by atoms with Crippen LogP contribution >= 0.6 is 0 Å². The third-order valence-corrected chi connectivity index (χ3v) is 2.62. The molecular weight excluding hydrogens is 233 g/mol. The van der Waals surface area contributed by atoms with Gasteiger partial charge >= 0.3 is 0 Å². The number of hydrogen-bond donors (Lipinski definition) is 2. The van der Waals surface area contributed by atoms with Gasteiger partial charge in [-0.2, -0.15) is 0 Å². The van der Waals surface area contributed by atoms with Gasteiger partial charge in [-0.25, -0.2) is 4.39 Å². The normalized spacial score (nSPS) is 10.1. The van der Waals surface area contributed by atoms with Crippen LogP contribution in [0, 0.1) is 5.82 Å². The summed E-state index contributed by atoms with van der Waals surface area (Å²) in [5, 5.41) is 12.7. The summed E-state index contributed by atoms with van der Waals surface area (Å²) >= 11 is 0. The number of nitrogens with one attached hydrogen (secondary N) is 1. The Morgan fingerprint density at radius 1 is 1.22 bits per heavy atom. The van der Waals surface area contributed by atoms with Crippen molar-refractivity contribution in [2.45, 2.75) is 6.54 Å². The Morgan fingerprint density at radius 2 is 2.00 bits per heavy atom. The molecule has 0 atom stereocenters. The lowest BCUT2D eigenvalue weighted by atomic mass is 10.2. The van der Waals surface area contributed by atoms with E-state index in [4.69, 9.17) is 4.74 Å². The number of methoxy groups -OCH3 is 1. The molecule has 0 aromatic heterocycles. The van der Waals surface area contributed by atoms with Gasteiger partial charge in [0.1, 0.15) is 17.3 Å². The van der Waals surface area contributed by atoms with Gasteiger partial charge in [-0.15, -0.1) is 0 Å². The number of phenols is 1. The van der Waals surface area contributed by atoms with Crippen molar-refractivity contribution in [1.29, 1.82) is 0 Å². The monoisotopic (exact) mass is 247 g/mol. The number of halogens is 1. The molecule has 0 spiro atoms. The Labute approximate surface area is 105 Å². The van der Waals surface area contributed by atoms with Crippen molar-refractivity contribution >= 4 is 5.69 Å². The first-order valence-electron chi connectivity index (χ1n) is 5.55. The SMILES string of the molecule is COc1cc(F)ccc1NCc1ccccc1O. The smallest absolute Gasteiger partial charge is 0.144 e. The molecule has 0 radical (unpaired) electrons. The predicted octanol–water partition coefficient (Wildman–Crippen LogP) is 3.15. The minimum absolute atomic E-state index is 0.228. The summed E-state index contributed by atoms with van der Waals surface area (Å²) in [6, 6.07) is 11.3. The van der Waals surface area contributed by atoms with Gasteiger partial charge in [0.2, 0.25) is 0 Å². The van der Waals surface area contributed by atoms with E-state index in [1.54, 1.807) is 18.2 Å². The van der Waals surface area contributed by atoms with Crippen molar-refractivity contribution in [3.8, 4) is 11.5 Å². The van der Waals surface area contributed by atoms with Gasteiger partial charge < -0.3 is 15.2 Å². The van der Waals surface area contributed by atoms with Crippen LogP contribution in [0.4, 0.5) is 10.1 Å². The van der Waals surface area contributed by atoms with Crippen LogP contribution in [0.1, 0.15) is 5.56 Å². The Hall–Kier alpha value is -2.23. The van der Waals surface area contributed by atoms with Crippen molar-refractivity contribution in [1.82, 2.24) is 0 Å². The van der Waals surface area contributed by atoms with Gasteiger partial charge in [-0.1, -0.05) is 18.2 Å². The Balaban J connectivity index is 2.13. The standard InChI is InChI=1S/C14H14FNO2/c1-18-14-8-11(15)6-7-12(14)16-9-10-4-2-3-5-13(10)17/h2-8,16-17H,9H2,1H3. The van der Waals surface area contributed by atoms with Crippen molar-refractivity contribution in [2.24, 2.45) is 0 Å². The molecule has 2 aromatic rings. The van der Waals surface area contributed by atoms with Crippen LogP contribution in [0.2, 0.25) is 0 Å². The number of ether oxygens (including phenoxy) is 1. The molecule has 2 rings (SSSR count). The summed E-state index contributed by atoms with van der Waals surface area (Å²) in [6.07, 6.45) is 0. The second kappa shape index (κ2) is 5.40. The van der Waals surface area contributed by atoms with Crippen molar-refractivity contribution in [3.05, 3.63) is 53.8 Å². The molecule has 2 aromatic carbocycles. The van der Waals surface area contributed by atoms with E-state index < -0.39 is 0 Å². The van der Waals surface area contributed by atoms with Gasteiger partial charge in [-0.05, 0) is 18.2 Å². The van der Waals surface area contributed by atoms with Crippen LogP contribution in [-0.4, -0.2) is 12.2 Å². The molecule has 0 heterocycles. The summed E-state index contributed by atoms with van der Waals surface area (Å²) in [5.74, 6) is 0.316. The number of rotatable bonds is 4. The lowest BCUT2D eigenvalue weighted by molar-refractivity contribution is 0.413. The van der Waals surface area contributed by atoms with Gasteiger partial charge in [-0.3, -0.25) is 0 Å². The Kier molecular flexibility index (Phi) is 3.67. The minimum Gasteiger partial charge on any atom is -0.508 e. The number of phenolic OH excluding ortho intramolecular Hbond substituents is 1. The number of hydrogen-bond acceptors (Lipinski definition) is 3. The fourth-order valence-corrected chi connectivity index (χ4v) is 1.66. The van der Waals surface area contributed by atoms with Crippen LogP contribution in [0.5, 0.6) is 11.5 Å². The average molecular weight is 247 g/mol. The van der Waals surface area contributed by atoms with E-state index in [1.807, 2.05) is 12.1 Å². The molecule has 0 saturated carbocycles. The summed E-state index contributed by atoms with van der Waals surface area (Å²) in [7, 11) is 1.49. The fourth-order valence-electron chi connectivity index (χ4n) is 1.66. The van der Waals surface area contributed by atoms with Crippen molar-refractivity contribution in [2.75, 3.05) is 12.4 Å². The predicted molar refractivity (Wildman–Crippen MR) is 68.4 cm³/mol. The topological polar surface area (TPSA) is 41.5 Å². The number of anilines is 1. The quantitative estimate of drug-likeness (QED) is 0.872. The van der Waals surface area contributed by atoms with Crippen LogP contribution in [-0.2, 0) is 6.54 Å². The van der Waals surface area contributed by atoms with Gasteiger partial charge in [0.15, 0.2) is 0 Å². The highest BCUT2D eigenvalue weighted by atomic mass is 19.1. The van der Waals surface area contributed by atoms with Gasteiger partial charge in [0.05, 0.1) is 12.8 Å². The molecule has 0 aliphatic carbocycles. The maximum Gasteiger partial charge on any atom is 0.144 e. The van der Waals surface area contributed by atoms with E-state index in [-0.39, 0.29) is 11.6 Å². The second-order valence-electron chi connectivity index (χ2n) is 3.83. The van der Waals surface area contributed by atoms with Gasteiger partial charge in [0, 0.05) is 18.2 Å². The van der Waals surface area contributed by atoms with Crippen LogP contribution in [0.25, 0.3) is 0 Å². The summed E-state index contributed by atoms with van der Waals surface area (Å²) in [6.45, 7) is 0.439. The number of para-hydroxylation sites is 1. The van der Waals surface area contributed by atoms with E-state index >= 15 is 0 Å². The molecule has 2 N–H and O–H groups in total. The van der Waals surface area contributed by atoms with E-state index in [0.29, 0.717) is 18.0 Å². The van der Waals surface area contributed by atoms with Crippen molar-refractivity contribution < 1.29 is 14.2 Å².